The molecule has 1 aromatic rings. The zero-order valence-corrected chi connectivity index (χ0v) is 12.3. The van der Waals surface area contributed by atoms with Gasteiger partial charge < -0.3 is 10.2 Å². The van der Waals surface area contributed by atoms with E-state index in [1.165, 1.54) is 61.5 Å². The molecule has 4 rings (SSSR count). The van der Waals surface area contributed by atoms with Gasteiger partial charge in [-0.3, -0.25) is 0 Å². The van der Waals surface area contributed by atoms with Crippen LogP contribution in [0, 0.1) is 5.92 Å². The van der Waals surface area contributed by atoms with Crippen molar-refractivity contribution in [3.8, 4) is 0 Å². The number of thiazole rings is 1. The van der Waals surface area contributed by atoms with Crippen molar-refractivity contribution in [3.63, 3.8) is 0 Å². The number of piperidine rings is 1. The summed E-state index contributed by atoms with van der Waals surface area (Å²) in [6.45, 7) is 2.24. The minimum Gasteiger partial charge on any atom is -0.345 e. The Morgan fingerprint density at radius 3 is 3.00 bits per heavy atom. The van der Waals surface area contributed by atoms with Crippen LogP contribution in [0.15, 0.2) is 6.20 Å². The highest BCUT2D eigenvalue weighted by Gasteiger charge is 2.36. The van der Waals surface area contributed by atoms with Crippen LogP contribution in [0.1, 0.15) is 49.8 Å². The Balaban J connectivity index is 1.45. The third-order valence-corrected chi connectivity index (χ3v) is 5.96. The second kappa shape index (κ2) is 5.06. The van der Waals surface area contributed by atoms with Crippen LogP contribution < -0.4 is 10.2 Å². The summed E-state index contributed by atoms with van der Waals surface area (Å²) in [5.74, 6) is 0.950. The van der Waals surface area contributed by atoms with Crippen LogP contribution in [-0.4, -0.2) is 23.6 Å². The van der Waals surface area contributed by atoms with E-state index in [2.05, 4.69) is 16.4 Å². The van der Waals surface area contributed by atoms with Gasteiger partial charge in [0, 0.05) is 36.2 Å². The summed E-state index contributed by atoms with van der Waals surface area (Å²) in [6, 6.07) is 1.59. The number of anilines is 1. The SMILES string of the molecule is c1nc(N2CCCC3CCCC32)sc1CNC1CC1. The third kappa shape index (κ3) is 2.52. The van der Waals surface area contributed by atoms with Crippen LogP contribution in [-0.2, 0) is 6.54 Å². The number of hydrogen-bond donors (Lipinski definition) is 1. The van der Waals surface area contributed by atoms with Crippen molar-refractivity contribution in [3.05, 3.63) is 11.1 Å². The molecule has 0 radical (unpaired) electrons. The number of rotatable bonds is 4. The average molecular weight is 277 g/mol. The first kappa shape index (κ1) is 12.2. The lowest BCUT2D eigenvalue weighted by Crippen LogP contribution is -2.42. The second-order valence-corrected chi connectivity index (χ2v) is 7.45. The fraction of sp³-hybridized carbons (Fsp3) is 0.800. The number of fused-ring (bicyclic) bond motifs is 1. The van der Waals surface area contributed by atoms with E-state index in [9.17, 15) is 0 Å². The monoisotopic (exact) mass is 277 g/mol. The average Bonchev–Trinajstić information content (AvgIpc) is 2.96. The van der Waals surface area contributed by atoms with Crippen molar-refractivity contribution in [1.82, 2.24) is 10.3 Å². The fourth-order valence-corrected chi connectivity index (χ4v) is 4.68. The molecule has 2 saturated carbocycles. The fourth-order valence-electron chi connectivity index (χ4n) is 3.74. The van der Waals surface area contributed by atoms with Gasteiger partial charge in [0.25, 0.3) is 0 Å². The van der Waals surface area contributed by atoms with Crippen LogP contribution in [0.25, 0.3) is 0 Å². The lowest BCUT2D eigenvalue weighted by molar-refractivity contribution is 0.362. The van der Waals surface area contributed by atoms with Gasteiger partial charge in [-0.15, -0.1) is 11.3 Å². The van der Waals surface area contributed by atoms with Gasteiger partial charge in [0.15, 0.2) is 5.13 Å². The van der Waals surface area contributed by atoms with E-state index >= 15 is 0 Å². The molecule has 1 N–H and O–H groups in total. The minimum atomic E-state index is 0.791. The van der Waals surface area contributed by atoms with E-state index in [0.29, 0.717) is 0 Å². The van der Waals surface area contributed by atoms with Crippen molar-refractivity contribution in [2.75, 3.05) is 11.4 Å². The standard InChI is InChI=1S/C15H23N3S/c1-3-11-4-2-8-18(14(11)5-1)15-17-10-13(19-15)9-16-12-6-7-12/h10-12,14,16H,1-9H2. The van der Waals surface area contributed by atoms with Crippen LogP contribution in [0.4, 0.5) is 5.13 Å². The summed E-state index contributed by atoms with van der Waals surface area (Å²) >= 11 is 1.91. The molecule has 2 heterocycles. The summed E-state index contributed by atoms with van der Waals surface area (Å²) in [5.41, 5.74) is 0. The van der Waals surface area contributed by atoms with Crippen LogP contribution in [0.3, 0.4) is 0 Å². The Morgan fingerprint density at radius 2 is 2.11 bits per heavy atom. The van der Waals surface area contributed by atoms with Crippen LogP contribution >= 0.6 is 11.3 Å². The second-order valence-electron chi connectivity index (χ2n) is 6.36. The first-order chi connectivity index (χ1) is 9.40. The molecule has 4 heteroatoms. The molecule has 0 bridgehead atoms. The molecular weight excluding hydrogens is 254 g/mol. The van der Waals surface area contributed by atoms with Crippen molar-refractivity contribution >= 4 is 16.5 Å². The molecule has 3 fully saturated rings. The van der Waals surface area contributed by atoms with Crippen molar-refractivity contribution in [2.24, 2.45) is 5.92 Å². The lowest BCUT2D eigenvalue weighted by atomic mass is 9.92. The number of nitrogens with zero attached hydrogens (tertiary/aromatic N) is 2. The van der Waals surface area contributed by atoms with Gasteiger partial charge in [0.05, 0.1) is 0 Å². The molecule has 0 spiro atoms. The third-order valence-electron chi connectivity index (χ3n) is 4.92. The Labute approximate surface area is 119 Å². The Kier molecular flexibility index (Phi) is 3.24. The molecule has 0 amide bonds. The highest BCUT2D eigenvalue weighted by atomic mass is 32.1. The molecule has 1 aromatic heterocycles. The highest BCUT2D eigenvalue weighted by molar-refractivity contribution is 7.15. The highest BCUT2D eigenvalue weighted by Crippen LogP contribution is 2.40. The molecule has 1 aliphatic heterocycles. The zero-order chi connectivity index (χ0) is 12.7. The quantitative estimate of drug-likeness (QED) is 0.916. The molecule has 2 aliphatic carbocycles. The zero-order valence-electron chi connectivity index (χ0n) is 11.5. The van der Waals surface area contributed by atoms with Gasteiger partial charge in [0.2, 0.25) is 0 Å². The lowest BCUT2D eigenvalue weighted by Gasteiger charge is -2.37. The van der Waals surface area contributed by atoms with Gasteiger partial charge in [0.1, 0.15) is 0 Å². The number of aromatic nitrogens is 1. The van der Waals surface area contributed by atoms with Gasteiger partial charge in [-0.2, -0.15) is 0 Å². The number of hydrogen-bond acceptors (Lipinski definition) is 4. The topological polar surface area (TPSA) is 28.2 Å². The predicted molar refractivity (Wildman–Crippen MR) is 79.7 cm³/mol. The molecule has 3 aliphatic rings. The molecule has 3 nitrogen and oxygen atoms in total. The van der Waals surface area contributed by atoms with E-state index < -0.39 is 0 Å². The van der Waals surface area contributed by atoms with Gasteiger partial charge in [-0.25, -0.2) is 4.98 Å². The molecule has 2 unspecified atom stereocenters. The first-order valence-corrected chi connectivity index (χ1v) is 8.66. The normalized spacial score (nSPS) is 30.6. The summed E-state index contributed by atoms with van der Waals surface area (Å²) < 4.78 is 0. The maximum atomic E-state index is 4.70. The molecule has 2 atom stereocenters. The smallest absolute Gasteiger partial charge is 0.185 e. The summed E-state index contributed by atoms with van der Waals surface area (Å²) in [5, 5.41) is 4.87. The summed E-state index contributed by atoms with van der Waals surface area (Å²) in [7, 11) is 0. The molecular formula is C15H23N3S. The minimum absolute atomic E-state index is 0.791. The van der Waals surface area contributed by atoms with Crippen LogP contribution in [0.5, 0.6) is 0 Å². The molecule has 19 heavy (non-hydrogen) atoms. The first-order valence-electron chi connectivity index (χ1n) is 7.85. The summed E-state index contributed by atoms with van der Waals surface area (Å²) in [4.78, 5) is 8.73. The predicted octanol–water partition coefficient (Wildman–Crippen LogP) is 3.16. The molecule has 0 aromatic carbocycles. The van der Waals surface area contributed by atoms with E-state index in [-0.39, 0.29) is 0 Å². The van der Waals surface area contributed by atoms with Gasteiger partial charge in [-0.05, 0) is 44.4 Å². The van der Waals surface area contributed by atoms with Gasteiger partial charge in [-0.1, -0.05) is 6.42 Å². The largest absolute Gasteiger partial charge is 0.345 e. The van der Waals surface area contributed by atoms with E-state index in [4.69, 9.17) is 4.98 Å². The van der Waals surface area contributed by atoms with Crippen LogP contribution in [0.2, 0.25) is 0 Å². The summed E-state index contributed by atoms with van der Waals surface area (Å²) in [6.07, 6.45) is 11.9. The van der Waals surface area contributed by atoms with Gasteiger partial charge >= 0.3 is 0 Å². The van der Waals surface area contributed by atoms with Crippen molar-refractivity contribution < 1.29 is 0 Å². The molecule has 1 saturated heterocycles. The van der Waals surface area contributed by atoms with E-state index in [1.54, 1.807) is 0 Å². The van der Waals surface area contributed by atoms with Crippen molar-refractivity contribution in [1.29, 1.82) is 0 Å². The Bertz CT molecular complexity index is 440. The maximum absolute atomic E-state index is 4.70. The van der Waals surface area contributed by atoms with E-state index in [1.807, 2.05) is 11.3 Å². The number of nitrogens with one attached hydrogen (secondary N) is 1. The maximum Gasteiger partial charge on any atom is 0.185 e. The molecule has 104 valence electrons. The van der Waals surface area contributed by atoms with E-state index in [0.717, 1.165) is 24.5 Å². The van der Waals surface area contributed by atoms with Crippen molar-refractivity contribution in [2.45, 2.75) is 63.6 Å². The Morgan fingerprint density at radius 1 is 1.21 bits per heavy atom. The Hall–Kier alpha value is -0.610.